The van der Waals surface area contributed by atoms with Crippen molar-refractivity contribution in [3.63, 3.8) is 0 Å². The summed E-state index contributed by atoms with van der Waals surface area (Å²) >= 11 is 0. The second kappa shape index (κ2) is 8.28. The standard InChI is InChI=1S/C26H27NO5/c1-16-20-14-23(29-3)22(28-2)12-18(20)7-8-27(16)15-17-10-19-13-24(21-6-5-9-31-21)32-26(19)25(11-17)30-4/h5-6,9-14,16H,7-8,15H2,1-4H3. The Morgan fingerprint density at radius 1 is 0.938 bits per heavy atom. The van der Waals surface area contributed by atoms with E-state index in [2.05, 4.69) is 36.1 Å². The summed E-state index contributed by atoms with van der Waals surface area (Å²) < 4.78 is 28.2. The van der Waals surface area contributed by atoms with Crippen molar-refractivity contribution in [1.29, 1.82) is 0 Å². The van der Waals surface area contributed by atoms with E-state index >= 15 is 0 Å². The van der Waals surface area contributed by atoms with E-state index in [4.69, 9.17) is 23.0 Å². The molecule has 0 spiro atoms. The summed E-state index contributed by atoms with van der Waals surface area (Å²) in [5.74, 6) is 3.69. The number of fused-ring (bicyclic) bond motifs is 2. The molecule has 5 rings (SSSR count). The molecule has 0 saturated carbocycles. The minimum absolute atomic E-state index is 0.253. The molecule has 0 aliphatic carbocycles. The van der Waals surface area contributed by atoms with Crippen LogP contribution in [0.25, 0.3) is 22.5 Å². The van der Waals surface area contributed by atoms with E-state index in [0.29, 0.717) is 11.5 Å². The predicted molar refractivity (Wildman–Crippen MR) is 123 cm³/mol. The third-order valence-electron chi connectivity index (χ3n) is 6.32. The highest BCUT2D eigenvalue weighted by Crippen LogP contribution is 2.39. The third-order valence-corrected chi connectivity index (χ3v) is 6.32. The molecule has 0 amide bonds. The second-order valence-electron chi connectivity index (χ2n) is 8.11. The molecule has 1 aliphatic rings. The molecule has 1 unspecified atom stereocenters. The molecule has 0 saturated heterocycles. The van der Waals surface area contributed by atoms with Gasteiger partial charge in [0.1, 0.15) is 0 Å². The van der Waals surface area contributed by atoms with Crippen LogP contribution in [-0.4, -0.2) is 32.8 Å². The molecule has 2 aromatic carbocycles. The van der Waals surface area contributed by atoms with Crippen LogP contribution < -0.4 is 14.2 Å². The number of furan rings is 2. The van der Waals surface area contributed by atoms with Crippen LogP contribution in [-0.2, 0) is 13.0 Å². The lowest BCUT2D eigenvalue weighted by atomic mass is 9.92. The molecule has 1 atom stereocenters. The number of hydrogen-bond acceptors (Lipinski definition) is 6. The van der Waals surface area contributed by atoms with Crippen LogP contribution in [0.2, 0.25) is 0 Å². The van der Waals surface area contributed by atoms with E-state index in [-0.39, 0.29) is 6.04 Å². The largest absolute Gasteiger partial charge is 0.493 e. The lowest BCUT2D eigenvalue weighted by Crippen LogP contribution is -2.33. The van der Waals surface area contributed by atoms with Crippen LogP contribution in [0.4, 0.5) is 0 Å². The zero-order valence-corrected chi connectivity index (χ0v) is 18.8. The zero-order valence-electron chi connectivity index (χ0n) is 18.8. The third kappa shape index (κ3) is 3.50. The first kappa shape index (κ1) is 20.5. The van der Waals surface area contributed by atoms with Gasteiger partial charge in [-0.2, -0.15) is 0 Å². The summed E-state index contributed by atoms with van der Waals surface area (Å²) in [4.78, 5) is 2.47. The van der Waals surface area contributed by atoms with Crippen molar-refractivity contribution < 1.29 is 23.0 Å². The fourth-order valence-corrected chi connectivity index (χ4v) is 4.61. The summed E-state index contributed by atoms with van der Waals surface area (Å²) in [5, 5.41) is 1.00. The van der Waals surface area contributed by atoms with E-state index < -0.39 is 0 Å². The quantitative estimate of drug-likeness (QED) is 0.381. The van der Waals surface area contributed by atoms with Gasteiger partial charge in [-0.25, -0.2) is 0 Å². The predicted octanol–water partition coefficient (Wildman–Crippen LogP) is 5.84. The van der Waals surface area contributed by atoms with Gasteiger partial charge in [-0.15, -0.1) is 0 Å². The number of nitrogens with zero attached hydrogens (tertiary/aromatic N) is 1. The lowest BCUT2D eigenvalue weighted by molar-refractivity contribution is 0.188. The van der Waals surface area contributed by atoms with Gasteiger partial charge in [0, 0.05) is 24.5 Å². The summed E-state index contributed by atoms with van der Waals surface area (Å²) in [6, 6.07) is 14.5. The van der Waals surface area contributed by atoms with Crippen molar-refractivity contribution in [2.75, 3.05) is 27.9 Å². The van der Waals surface area contributed by atoms with Crippen LogP contribution in [0.15, 0.2) is 57.6 Å². The summed E-state index contributed by atoms with van der Waals surface area (Å²) in [6.45, 7) is 4.02. The number of methoxy groups -OCH3 is 3. The Bertz CT molecular complexity index is 1240. The van der Waals surface area contributed by atoms with Crippen molar-refractivity contribution in [1.82, 2.24) is 4.90 Å². The Morgan fingerprint density at radius 3 is 2.44 bits per heavy atom. The highest BCUT2D eigenvalue weighted by atomic mass is 16.5. The molecule has 0 bridgehead atoms. The molecule has 6 heteroatoms. The van der Waals surface area contributed by atoms with E-state index in [1.54, 1.807) is 27.6 Å². The van der Waals surface area contributed by atoms with E-state index in [1.165, 1.54) is 16.7 Å². The molecule has 4 aromatic rings. The molecule has 0 radical (unpaired) electrons. The maximum Gasteiger partial charge on any atom is 0.176 e. The summed E-state index contributed by atoms with van der Waals surface area (Å²) in [7, 11) is 5.03. The Hall–Kier alpha value is -3.38. The van der Waals surface area contributed by atoms with E-state index in [0.717, 1.165) is 47.7 Å². The van der Waals surface area contributed by atoms with Gasteiger partial charge >= 0.3 is 0 Å². The normalized spacial score (nSPS) is 16.2. The van der Waals surface area contributed by atoms with Crippen LogP contribution in [0.3, 0.4) is 0 Å². The first-order valence-electron chi connectivity index (χ1n) is 10.7. The summed E-state index contributed by atoms with van der Waals surface area (Å²) in [5.41, 5.74) is 4.51. The van der Waals surface area contributed by atoms with Gasteiger partial charge < -0.3 is 23.0 Å². The van der Waals surface area contributed by atoms with Gasteiger partial charge in [0.2, 0.25) is 0 Å². The number of ether oxygens (including phenoxy) is 3. The smallest absolute Gasteiger partial charge is 0.176 e. The van der Waals surface area contributed by atoms with Crippen molar-refractivity contribution >= 4 is 11.0 Å². The molecule has 2 aromatic heterocycles. The fourth-order valence-electron chi connectivity index (χ4n) is 4.61. The van der Waals surface area contributed by atoms with Crippen LogP contribution in [0, 0.1) is 0 Å². The monoisotopic (exact) mass is 433 g/mol. The lowest BCUT2D eigenvalue weighted by Gasteiger charge is -2.35. The molecule has 6 nitrogen and oxygen atoms in total. The minimum Gasteiger partial charge on any atom is -0.493 e. The highest BCUT2D eigenvalue weighted by Gasteiger charge is 2.26. The highest BCUT2D eigenvalue weighted by molar-refractivity contribution is 5.87. The molecular weight excluding hydrogens is 406 g/mol. The average molecular weight is 434 g/mol. The SMILES string of the molecule is COc1cc2c(cc1OC)C(C)N(Cc1cc(OC)c3oc(-c4ccco4)cc3c1)CC2. The number of hydrogen-bond donors (Lipinski definition) is 0. The maximum absolute atomic E-state index is 6.04. The molecule has 1 aliphatic heterocycles. The van der Waals surface area contributed by atoms with E-state index in [9.17, 15) is 0 Å². The van der Waals surface area contributed by atoms with Crippen LogP contribution in [0.5, 0.6) is 17.2 Å². The van der Waals surface area contributed by atoms with Gasteiger partial charge in [0.15, 0.2) is 34.4 Å². The van der Waals surface area contributed by atoms with Crippen molar-refractivity contribution in [2.24, 2.45) is 0 Å². The van der Waals surface area contributed by atoms with Crippen molar-refractivity contribution in [3.8, 4) is 28.8 Å². The molecular formula is C26H27NO5. The first-order valence-corrected chi connectivity index (χ1v) is 10.7. The second-order valence-corrected chi connectivity index (χ2v) is 8.11. The van der Waals surface area contributed by atoms with Crippen molar-refractivity contribution in [3.05, 3.63) is 65.4 Å². The van der Waals surface area contributed by atoms with Gasteiger partial charge in [-0.3, -0.25) is 4.90 Å². The molecule has 166 valence electrons. The Morgan fingerprint density at radius 2 is 1.72 bits per heavy atom. The minimum atomic E-state index is 0.253. The fraction of sp³-hybridized carbons (Fsp3) is 0.308. The van der Waals surface area contributed by atoms with Gasteiger partial charge in [0.05, 0.1) is 27.6 Å². The summed E-state index contributed by atoms with van der Waals surface area (Å²) in [6.07, 6.45) is 2.61. The molecule has 0 N–H and O–H groups in total. The Labute approximate surface area is 187 Å². The molecule has 32 heavy (non-hydrogen) atoms. The van der Waals surface area contributed by atoms with E-state index in [1.807, 2.05) is 18.2 Å². The zero-order chi connectivity index (χ0) is 22.2. The Balaban J connectivity index is 1.45. The Kier molecular flexibility index (Phi) is 5.31. The van der Waals surface area contributed by atoms with Gasteiger partial charge in [0.25, 0.3) is 0 Å². The number of rotatable bonds is 6. The van der Waals surface area contributed by atoms with Gasteiger partial charge in [-0.05, 0) is 72.5 Å². The number of benzene rings is 2. The average Bonchev–Trinajstić information content (AvgIpc) is 3.49. The van der Waals surface area contributed by atoms with Crippen LogP contribution in [0.1, 0.15) is 29.7 Å². The molecule has 3 heterocycles. The maximum atomic E-state index is 6.04. The molecule has 0 fully saturated rings. The topological polar surface area (TPSA) is 57.2 Å². The van der Waals surface area contributed by atoms with Crippen molar-refractivity contribution in [2.45, 2.75) is 25.9 Å². The first-order chi connectivity index (χ1) is 15.6. The van der Waals surface area contributed by atoms with Gasteiger partial charge in [-0.1, -0.05) is 0 Å². The van der Waals surface area contributed by atoms with Crippen LogP contribution >= 0.6 is 0 Å².